The third kappa shape index (κ3) is 1.14. The molecule has 2 aliphatic rings. The Hall–Kier alpha value is -0.520. The number of piperidine rings is 1. The summed E-state index contributed by atoms with van der Waals surface area (Å²) in [6, 6.07) is 0.846. The van der Waals surface area contributed by atoms with Gasteiger partial charge in [-0.15, -0.1) is 6.42 Å². The van der Waals surface area contributed by atoms with Crippen molar-refractivity contribution >= 4 is 0 Å². The van der Waals surface area contributed by atoms with Gasteiger partial charge in [-0.3, -0.25) is 4.90 Å². The molecule has 0 aromatic heterocycles. The van der Waals surface area contributed by atoms with Gasteiger partial charge in [0.2, 0.25) is 0 Å². The minimum Gasteiger partial charge on any atom is -0.306 e. The number of hydrogen-bond acceptors (Lipinski definition) is 2. The van der Waals surface area contributed by atoms with Crippen LogP contribution in [0, 0.1) is 24.2 Å². The smallest absolute Gasteiger partial charge is 0.0599 e. The summed E-state index contributed by atoms with van der Waals surface area (Å²) in [4.78, 5) is 4.73. The summed E-state index contributed by atoms with van der Waals surface area (Å²) in [5.74, 6) is 4.53. The summed E-state index contributed by atoms with van der Waals surface area (Å²) in [6.07, 6.45) is 5.26. The van der Waals surface area contributed by atoms with Gasteiger partial charge in [0.05, 0.1) is 6.54 Å². The van der Waals surface area contributed by atoms with Crippen LogP contribution in [-0.2, 0) is 0 Å². The van der Waals surface area contributed by atoms with E-state index in [1.165, 1.54) is 13.1 Å². The molecule has 1 heterocycles. The fraction of sp³-hybridized carbons (Fsp3) is 0.800. The highest BCUT2D eigenvalue weighted by molar-refractivity contribution is 5.11. The van der Waals surface area contributed by atoms with Crippen LogP contribution in [0.3, 0.4) is 0 Å². The van der Waals surface area contributed by atoms with E-state index in [2.05, 4.69) is 29.8 Å². The zero-order valence-electron chi connectivity index (χ0n) is 7.83. The number of nitrogens with zero attached hydrogens (tertiary/aromatic N) is 2. The van der Waals surface area contributed by atoms with Crippen LogP contribution < -0.4 is 0 Å². The molecular weight excluding hydrogens is 148 g/mol. The van der Waals surface area contributed by atoms with Gasteiger partial charge in [0.25, 0.3) is 0 Å². The molecule has 1 aliphatic heterocycles. The number of rotatable bonds is 2. The molecule has 0 radical (unpaired) electrons. The van der Waals surface area contributed by atoms with Crippen LogP contribution in [0.15, 0.2) is 0 Å². The molecule has 0 aromatic rings. The van der Waals surface area contributed by atoms with Gasteiger partial charge < -0.3 is 4.90 Å². The predicted molar refractivity (Wildman–Crippen MR) is 49.7 cm³/mol. The van der Waals surface area contributed by atoms with Gasteiger partial charge >= 0.3 is 0 Å². The van der Waals surface area contributed by atoms with Crippen LogP contribution in [0.4, 0.5) is 0 Å². The standard InChI is InChI=1S/C10H16N2/c1-4-5-12-6-8-9(7-12)10(8)11(2)3/h1,8-10H,5-7H2,2-3H3. The number of terminal acetylenes is 1. The molecule has 2 nitrogen and oxygen atoms in total. The van der Waals surface area contributed by atoms with Gasteiger partial charge in [-0.1, -0.05) is 5.92 Å². The van der Waals surface area contributed by atoms with Crippen LogP contribution in [0.5, 0.6) is 0 Å². The molecule has 2 rings (SSSR count). The highest BCUT2D eigenvalue weighted by atomic mass is 15.3. The van der Waals surface area contributed by atoms with Gasteiger partial charge in [-0.2, -0.15) is 0 Å². The third-order valence-electron chi connectivity index (χ3n) is 3.14. The van der Waals surface area contributed by atoms with Gasteiger partial charge in [-0.25, -0.2) is 0 Å². The largest absolute Gasteiger partial charge is 0.306 e. The Kier molecular flexibility index (Phi) is 1.86. The summed E-state index contributed by atoms with van der Waals surface area (Å²) >= 11 is 0. The zero-order chi connectivity index (χ0) is 8.72. The van der Waals surface area contributed by atoms with E-state index in [-0.39, 0.29) is 0 Å². The Morgan fingerprint density at radius 3 is 2.42 bits per heavy atom. The lowest BCUT2D eigenvalue weighted by Crippen LogP contribution is -2.30. The second kappa shape index (κ2) is 2.76. The van der Waals surface area contributed by atoms with Crippen molar-refractivity contribution in [3.63, 3.8) is 0 Å². The summed E-state index contributed by atoms with van der Waals surface area (Å²) in [7, 11) is 4.35. The minimum absolute atomic E-state index is 0.840. The third-order valence-corrected chi connectivity index (χ3v) is 3.14. The van der Waals surface area contributed by atoms with Gasteiger partial charge in [0.1, 0.15) is 0 Å². The molecule has 2 heteroatoms. The first-order chi connectivity index (χ1) is 5.74. The minimum atomic E-state index is 0.840. The van der Waals surface area contributed by atoms with Gasteiger partial charge in [0.15, 0.2) is 0 Å². The number of fused-ring (bicyclic) bond motifs is 1. The highest BCUT2D eigenvalue weighted by Gasteiger charge is 2.56. The molecular formula is C10H16N2. The monoisotopic (exact) mass is 164 g/mol. The Bertz CT molecular complexity index is 204. The quantitative estimate of drug-likeness (QED) is 0.535. The van der Waals surface area contributed by atoms with E-state index < -0.39 is 0 Å². The van der Waals surface area contributed by atoms with E-state index in [1.54, 1.807) is 0 Å². The Labute approximate surface area is 74.5 Å². The van der Waals surface area contributed by atoms with Gasteiger partial charge in [0, 0.05) is 19.1 Å². The van der Waals surface area contributed by atoms with Crippen molar-refractivity contribution in [1.82, 2.24) is 9.80 Å². The van der Waals surface area contributed by atoms with Crippen LogP contribution >= 0.6 is 0 Å². The van der Waals surface area contributed by atoms with Crippen LogP contribution in [0.2, 0.25) is 0 Å². The predicted octanol–water partition coefficient (Wildman–Crippen LogP) is 0.111. The molecule has 2 unspecified atom stereocenters. The molecule has 1 saturated heterocycles. The van der Waals surface area contributed by atoms with Crippen molar-refractivity contribution in [1.29, 1.82) is 0 Å². The molecule has 0 amide bonds. The van der Waals surface area contributed by atoms with E-state index in [0.29, 0.717) is 0 Å². The average Bonchev–Trinajstić information content (AvgIpc) is 2.51. The van der Waals surface area contributed by atoms with E-state index >= 15 is 0 Å². The summed E-state index contributed by atoms with van der Waals surface area (Å²) in [5, 5.41) is 0. The maximum atomic E-state index is 5.26. The normalized spacial score (nSPS) is 39.7. The molecule has 66 valence electrons. The van der Waals surface area contributed by atoms with Crippen LogP contribution in [0.1, 0.15) is 0 Å². The fourth-order valence-electron chi connectivity index (χ4n) is 2.61. The van der Waals surface area contributed by atoms with E-state index in [9.17, 15) is 0 Å². The molecule has 0 spiro atoms. The molecule has 1 saturated carbocycles. The lowest BCUT2D eigenvalue weighted by molar-refractivity contribution is 0.269. The summed E-state index contributed by atoms with van der Waals surface area (Å²) in [5.41, 5.74) is 0. The average molecular weight is 164 g/mol. The van der Waals surface area contributed by atoms with Crippen LogP contribution in [-0.4, -0.2) is 49.6 Å². The maximum Gasteiger partial charge on any atom is 0.0599 e. The van der Waals surface area contributed by atoms with E-state index in [0.717, 1.165) is 24.4 Å². The second-order valence-corrected chi connectivity index (χ2v) is 4.18. The van der Waals surface area contributed by atoms with E-state index in [1.807, 2.05) is 0 Å². The fourth-order valence-corrected chi connectivity index (χ4v) is 2.61. The Morgan fingerprint density at radius 1 is 1.42 bits per heavy atom. The molecule has 0 aromatic carbocycles. The van der Waals surface area contributed by atoms with E-state index in [4.69, 9.17) is 6.42 Å². The molecule has 12 heavy (non-hydrogen) atoms. The first-order valence-corrected chi connectivity index (χ1v) is 4.56. The maximum absolute atomic E-state index is 5.26. The topological polar surface area (TPSA) is 6.48 Å². The first kappa shape index (κ1) is 8.10. The van der Waals surface area contributed by atoms with Crippen molar-refractivity contribution in [3.05, 3.63) is 0 Å². The Morgan fingerprint density at radius 2 is 2.00 bits per heavy atom. The molecule has 2 fully saturated rings. The van der Waals surface area contributed by atoms with Crippen molar-refractivity contribution in [2.75, 3.05) is 33.7 Å². The first-order valence-electron chi connectivity index (χ1n) is 4.56. The summed E-state index contributed by atoms with van der Waals surface area (Å²) < 4.78 is 0. The molecule has 0 bridgehead atoms. The lowest BCUT2D eigenvalue weighted by atomic mass is 10.3. The Balaban J connectivity index is 1.83. The molecule has 0 N–H and O–H groups in total. The zero-order valence-corrected chi connectivity index (χ0v) is 7.83. The second-order valence-electron chi connectivity index (χ2n) is 4.18. The SMILES string of the molecule is C#CCN1CC2C(C1)C2N(C)C. The van der Waals surface area contributed by atoms with Crippen molar-refractivity contribution in [2.24, 2.45) is 11.8 Å². The summed E-state index contributed by atoms with van der Waals surface area (Å²) in [6.45, 7) is 3.28. The van der Waals surface area contributed by atoms with Crippen molar-refractivity contribution in [2.45, 2.75) is 6.04 Å². The van der Waals surface area contributed by atoms with Crippen molar-refractivity contribution < 1.29 is 0 Å². The van der Waals surface area contributed by atoms with Crippen LogP contribution in [0.25, 0.3) is 0 Å². The van der Waals surface area contributed by atoms with Crippen molar-refractivity contribution in [3.8, 4) is 12.3 Å². The molecule has 1 aliphatic carbocycles. The highest BCUT2D eigenvalue weighted by Crippen LogP contribution is 2.47. The number of likely N-dealkylation sites (tertiary alicyclic amines) is 1. The van der Waals surface area contributed by atoms with Gasteiger partial charge in [-0.05, 0) is 25.9 Å². The number of hydrogen-bond donors (Lipinski definition) is 0. The lowest BCUT2D eigenvalue weighted by Gasteiger charge is -2.19. The molecule has 2 atom stereocenters.